The summed E-state index contributed by atoms with van der Waals surface area (Å²) in [5.74, 6) is 0.296. The lowest BCUT2D eigenvalue weighted by molar-refractivity contribution is 0.606. The Morgan fingerprint density at radius 3 is 2.94 bits per heavy atom. The van der Waals surface area contributed by atoms with Crippen molar-refractivity contribution in [2.75, 3.05) is 5.88 Å². The minimum Gasteiger partial charge on any atom is -0.217 e. The van der Waals surface area contributed by atoms with Crippen molar-refractivity contribution in [3.05, 3.63) is 41.5 Å². The highest BCUT2D eigenvalue weighted by Crippen LogP contribution is 2.14. The molecule has 0 unspecified atom stereocenters. The van der Waals surface area contributed by atoms with Crippen molar-refractivity contribution < 1.29 is 4.39 Å². The van der Waals surface area contributed by atoms with Crippen molar-refractivity contribution in [1.29, 1.82) is 0 Å². The van der Waals surface area contributed by atoms with Crippen LogP contribution in [0.15, 0.2) is 24.4 Å². The van der Waals surface area contributed by atoms with Crippen LogP contribution in [0.5, 0.6) is 0 Å². The number of nitrogens with zero attached hydrogens (tertiary/aromatic N) is 3. The Morgan fingerprint density at radius 1 is 1.41 bits per heavy atom. The van der Waals surface area contributed by atoms with Crippen molar-refractivity contribution in [3.8, 4) is 5.69 Å². The third-order valence-corrected chi connectivity index (χ3v) is 2.72. The first-order chi connectivity index (χ1) is 8.20. The highest BCUT2D eigenvalue weighted by molar-refractivity contribution is 6.17. The summed E-state index contributed by atoms with van der Waals surface area (Å²) in [5, 5.41) is 7.89. The summed E-state index contributed by atoms with van der Waals surface area (Å²) in [6.07, 6.45) is 3.34. The van der Waals surface area contributed by atoms with Gasteiger partial charge in [-0.1, -0.05) is 11.3 Å². The van der Waals surface area contributed by atoms with Gasteiger partial charge in [0.15, 0.2) is 0 Å². The first kappa shape index (κ1) is 12.0. The van der Waals surface area contributed by atoms with E-state index in [2.05, 4.69) is 10.3 Å². The molecule has 0 N–H and O–H groups in total. The molecule has 2 aromatic rings. The van der Waals surface area contributed by atoms with Gasteiger partial charge in [0.2, 0.25) is 0 Å². The number of benzene rings is 1. The molecular formula is C12H13ClFN3. The molecule has 0 fully saturated rings. The minimum absolute atomic E-state index is 0.293. The molecule has 0 saturated carbocycles. The van der Waals surface area contributed by atoms with Gasteiger partial charge in [0, 0.05) is 5.88 Å². The van der Waals surface area contributed by atoms with Crippen LogP contribution in [-0.2, 0) is 6.42 Å². The standard InChI is InChI=1S/C12H13ClFN3/c1-9-4-5-12(11(14)7-9)17-8-10(15-16-17)3-2-6-13/h4-5,7-8H,2-3,6H2,1H3. The second-order valence-corrected chi connectivity index (χ2v) is 4.28. The predicted molar refractivity (Wildman–Crippen MR) is 65.1 cm³/mol. The van der Waals surface area contributed by atoms with E-state index in [1.165, 1.54) is 10.7 Å². The Balaban J connectivity index is 2.24. The van der Waals surface area contributed by atoms with Crippen molar-refractivity contribution in [1.82, 2.24) is 15.0 Å². The van der Waals surface area contributed by atoms with E-state index < -0.39 is 0 Å². The quantitative estimate of drug-likeness (QED) is 0.785. The van der Waals surface area contributed by atoms with Crippen LogP contribution in [-0.4, -0.2) is 20.9 Å². The molecule has 0 aliphatic carbocycles. The summed E-state index contributed by atoms with van der Waals surface area (Å²) in [4.78, 5) is 0. The summed E-state index contributed by atoms with van der Waals surface area (Å²) >= 11 is 5.60. The van der Waals surface area contributed by atoms with Crippen LogP contribution in [0.25, 0.3) is 5.69 Å². The van der Waals surface area contributed by atoms with Gasteiger partial charge in [0.1, 0.15) is 11.5 Å². The smallest absolute Gasteiger partial charge is 0.149 e. The van der Waals surface area contributed by atoms with Gasteiger partial charge >= 0.3 is 0 Å². The average molecular weight is 254 g/mol. The summed E-state index contributed by atoms with van der Waals surface area (Å²) in [5.41, 5.74) is 2.12. The van der Waals surface area contributed by atoms with Crippen LogP contribution >= 0.6 is 11.6 Å². The number of aromatic nitrogens is 3. The molecule has 1 aromatic carbocycles. The molecule has 1 aromatic heterocycles. The molecule has 0 aliphatic heterocycles. The van der Waals surface area contributed by atoms with Gasteiger partial charge in [-0.25, -0.2) is 9.07 Å². The number of rotatable bonds is 4. The highest BCUT2D eigenvalue weighted by Gasteiger charge is 2.07. The van der Waals surface area contributed by atoms with E-state index >= 15 is 0 Å². The van der Waals surface area contributed by atoms with E-state index in [4.69, 9.17) is 11.6 Å². The third-order valence-electron chi connectivity index (χ3n) is 2.46. The molecule has 0 amide bonds. The zero-order valence-electron chi connectivity index (χ0n) is 9.53. The van der Waals surface area contributed by atoms with E-state index in [1.54, 1.807) is 12.3 Å². The van der Waals surface area contributed by atoms with E-state index in [9.17, 15) is 4.39 Å². The summed E-state index contributed by atoms with van der Waals surface area (Å²) in [6, 6.07) is 5.03. The second kappa shape index (κ2) is 5.27. The Labute approximate surface area is 104 Å². The van der Waals surface area contributed by atoms with Crippen molar-refractivity contribution in [2.45, 2.75) is 19.8 Å². The summed E-state index contributed by atoms with van der Waals surface area (Å²) < 4.78 is 15.1. The maximum absolute atomic E-state index is 13.7. The van der Waals surface area contributed by atoms with Crippen LogP contribution < -0.4 is 0 Å². The van der Waals surface area contributed by atoms with Crippen LogP contribution in [0.1, 0.15) is 17.7 Å². The molecule has 17 heavy (non-hydrogen) atoms. The number of hydrogen-bond donors (Lipinski definition) is 0. The lowest BCUT2D eigenvalue weighted by Crippen LogP contribution is -1.98. The lowest BCUT2D eigenvalue weighted by atomic mass is 10.2. The second-order valence-electron chi connectivity index (χ2n) is 3.90. The fourth-order valence-corrected chi connectivity index (χ4v) is 1.71. The normalized spacial score (nSPS) is 10.8. The molecule has 1 heterocycles. The Morgan fingerprint density at radius 2 is 2.24 bits per heavy atom. The first-order valence-corrected chi connectivity index (χ1v) is 5.98. The van der Waals surface area contributed by atoms with Crippen LogP contribution in [0.3, 0.4) is 0 Å². The van der Waals surface area contributed by atoms with Gasteiger partial charge in [-0.3, -0.25) is 0 Å². The van der Waals surface area contributed by atoms with E-state index in [1.807, 2.05) is 13.0 Å². The molecule has 0 bridgehead atoms. The van der Waals surface area contributed by atoms with Gasteiger partial charge in [-0.15, -0.1) is 16.7 Å². The van der Waals surface area contributed by atoms with Gasteiger partial charge in [-0.05, 0) is 37.5 Å². The average Bonchev–Trinajstić information content (AvgIpc) is 2.75. The molecule has 0 radical (unpaired) electrons. The van der Waals surface area contributed by atoms with Gasteiger partial charge in [0.25, 0.3) is 0 Å². The summed E-state index contributed by atoms with van der Waals surface area (Å²) in [6.45, 7) is 1.85. The lowest BCUT2D eigenvalue weighted by Gasteiger charge is -2.02. The fourth-order valence-electron chi connectivity index (χ4n) is 1.58. The van der Waals surface area contributed by atoms with Crippen molar-refractivity contribution >= 4 is 11.6 Å². The molecule has 0 atom stereocenters. The molecular weight excluding hydrogens is 241 g/mol. The number of alkyl halides is 1. The molecule has 2 rings (SSSR count). The van der Waals surface area contributed by atoms with Crippen molar-refractivity contribution in [3.63, 3.8) is 0 Å². The minimum atomic E-state index is -0.293. The van der Waals surface area contributed by atoms with Gasteiger partial charge in [-0.2, -0.15) is 0 Å². The maximum Gasteiger partial charge on any atom is 0.149 e. The molecule has 5 heteroatoms. The molecule has 3 nitrogen and oxygen atoms in total. The Hall–Kier alpha value is -1.42. The molecule has 0 aliphatic rings. The third kappa shape index (κ3) is 2.82. The Bertz CT molecular complexity index is 510. The van der Waals surface area contributed by atoms with E-state index in [-0.39, 0.29) is 5.82 Å². The van der Waals surface area contributed by atoms with E-state index in [0.29, 0.717) is 11.6 Å². The fraction of sp³-hybridized carbons (Fsp3) is 0.333. The van der Waals surface area contributed by atoms with Gasteiger partial charge in [0.05, 0.1) is 11.9 Å². The number of halogens is 2. The summed E-state index contributed by atoms with van der Waals surface area (Å²) in [7, 11) is 0. The largest absolute Gasteiger partial charge is 0.217 e. The number of hydrogen-bond acceptors (Lipinski definition) is 2. The predicted octanol–water partition coefficient (Wildman–Crippen LogP) is 2.89. The van der Waals surface area contributed by atoms with Crippen LogP contribution in [0, 0.1) is 12.7 Å². The van der Waals surface area contributed by atoms with Gasteiger partial charge < -0.3 is 0 Å². The SMILES string of the molecule is Cc1ccc(-n2cc(CCCCl)nn2)c(F)c1. The molecule has 90 valence electrons. The zero-order valence-corrected chi connectivity index (χ0v) is 10.3. The first-order valence-electron chi connectivity index (χ1n) is 5.44. The van der Waals surface area contributed by atoms with Crippen LogP contribution in [0.2, 0.25) is 0 Å². The molecule has 0 saturated heterocycles. The van der Waals surface area contributed by atoms with Crippen LogP contribution in [0.4, 0.5) is 4.39 Å². The van der Waals surface area contributed by atoms with Crippen molar-refractivity contribution in [2.24, 2.45) is 0 Å². The molecule has 0 spiro atoms. The number of aryl methyl sites for hydroxylation is 2. The monoisotopic (exact) mass is 253 g/mol. The topological polar surface area (TPSA) is 30.7 Å². The Kier molecular flexibility index (Phi) is 3.74. The highest BCUT2D eigenvalue weighted by atomic mass is 35.5. The van der Waals surface area contributed by atoms with E-state index in [0.717, 1.165) is 24.1 Å². The maximum atomic E-state index is 13.7. The zero-order chi connectivity index (χ0) is 12.3.